The molecule has 0 amide bonds. The van der Waals surface area contributed by atoms with E-state index in [2.05, 4.69) is 30.9 Å². The first-order chi connectivity index (χ1) is 7.60. The lowest BCUT2D eigenvalue weighted by Gasteiger charge is -2.24. The summed E-state index contributed by atoms with van der Waals surface area (Å²) in [6, 6.07) is 6.14. The molecule has 3 heteroatoms. The van der Waals surface area contributed by atoms with Crippen LogP contribution in [0.3, 0.4) is 0 Å². The number of rotatable bonds is 5. The van der Waals surface area contributed by atoms with Crippen LogP contribution in [0.2, 0.25) is 5.02 Å². The molecular weight excluding hydrogens is 220 g/mol. The number of hydrogen-bond acceptors (Lipinski definition) is 2. The van der Waals surface area contributed by atoms with E-state index in [-0.39, 0.29) is 6.04 Å². The van der Waals surface area contributed by atoms with Crippen molar-refractivity contribution in [3.63, 3.8) is 0 Å². The van der Waals surface area contributed by atoms with Crippen LogP contribution in [0.4, 0.5) is 5.69 Å². The Labute approximate surface area is 103 Å². The molecule has 0 aliphatic carbocycles. The Balaban J connectivity index is 2.96. The second kappa shape index (κ2) is 6.12. The summed E-state index contributed by atoms with van der Waals surface area (Å²) in [5.41, 5.74) is 8.02. The number of hydrogen-bond donors (Lipinski definition) is 1. The van der Waals surface area contributed by atoms with Gasteiger partial charge in [-0.15, -0.1) is 0 Å². The summed E-state index contributed by atoms with van der Waals surface area (Å²) in [5, 5.41) is 0.796. The van der Waals surface area contributed by atoms with Gasteiger partial charge in [-0.25, -0.2) is 0 Å². The molecule has 2 nitrogen and oxygen atoms in total. The molecule has 90 valence electrons. The molecule has 2 N–H and O–H groups in total. The largest absolute Gasteiger partial charge is 0.371 e. The predicted molar refractivity (Wildman–Crippen MR) is 72.2 cm³/mol. The van der Waals surface area contributed by atoms with Gasteiger partial charge < -0.3 is 10.6 Å². The molecule has 1 aromatic rings. The molecule has 0 aliphatic heterocycles. The SMILES string of the molecule is CCCN(CC)c1ccc([C@@H](C)N)cc1Cl. The molecular formula is C13H21ClN2. The number of anilines is 1. The van der Waals surface area contributed by atoms with Gasteiger partial charge in [-0.05, 0) is 38.0 Å². The maximum absolute atomic E-state index is 6.29. The van der Waals surface area contributed by atoms with E-state index in [0.717, 1.165) is 35.8 Å². The molecule has 1 aromatic carbocycles. The first kappa shape index (κ1) is 13.3. The van der Waals surface area contributed by atoms with Gasteiger partial charge in [0.05, 0.1) is 10.7 Å². The van der Waals surface area contributed by atoms with Gasteiger partial charge in [0, 0.05) is 19.1 Å². The Bertz CT molecular complexity index is 337. The van der Waals surface area contributed by atoms with Crippen LogP contribution in [-0.2, 0) is 0 Å². The van der Waals surface area contributed by atoms with Crippen molar-refractivity contribution in [1.82, 2.24) is 0 Å². The smallest absolute Gasteiger partial charge is 0.0642 e. The van der Waals surface area contributed by atoms with Crippen molar-refractivity contribution in [3.8, 4) is 0 Å². The van der Waals surface area contributed by atoms with Crippen LogP contribution in [-0.4, -0.2) is 13.1 Å². The van der Waals surface area contributed by atoms with Gasteiger partial charge >= 0.3 is 0 Å². The van der Waals surface area contributed by atoms with Gasteiger partial charge in [0.1, 0.15) is 0 Å². The summed E-state index contributed by atoms with van der Waals surface area (Å²) in [6.07, 6.45) is 1.12. The average molecular weight is 241 g/mol. The van der Waals surface area contributed by atoms with E-state index < -0.39 is 0 Å². The molecule has 0 radical (unpaired) electrons. The van der Waals surface area contributed by atoms with Gasteiger partial charge in [-0.2, -0.15) is 0 Å². The van der Waals surface area contributed by atoms with Crippen LogP contribution in [0.5, 0.6) is 0 Å². The fraction of sp³-hybridized carbons (Fsp3) is 0.538. The fourth-order valence-electron chi connectivity index (χ4n) is 1.78. The van der Waals surface area contributed by atoms with E-state index in [9.17, 15) is 0 Å². The van der Waals surface area contributed by atoms with Crippen molar-refractivity contribution in [2.24, 2.45) is 5.73 Å². The van der Waals surface area contributed by atoms with Crippen LogP contribution < -0.4 is 10.6 Å². The topological polar surface area (TPSA) is 29.3 Å². The van der Waals surface area contributed by atoms with Crippen LogP contribution in [0.1, 0.15) is 38.8 Å². The standard InChI is InChI=1S/C13H21ClN2/c1-4-8-16(5-2)13-7-6-11(10(3)15)9-12(13)14/h6-7,9-10H,4-5,8,15H2,1-3H3/t10-/m1/s1. The molecule has 1 rings (SSSR count). The lowest BCUT2D eigenvalue weighted by Crippen LogP contribution is -2.23. The lowest BCUT2D eigenvalue weighted by atomic mass is 10.1. The Kier molecular flexibility index (Phi) is 5.10. The van der Waals surface area contributed by atoms with Crippen molar-refractivity contribution >= 4 is 17.3 Å². The number of nitrogens with zero attached hydrogens (tertiary/aromatic N) is 1. The van der Waals surface area contributed by atoms with Crippen molar-refractivity contribution in [1.29, 1.82) is 0 Å². The van der Waals surface area contributed by atoms with Gasteiger partial charge in [0.2, 0.25) is 0 Å². The molecule has 0 bridgehead atoms. The molecule has 0 aromatic heterocycles. The number of benzene rings is 1. The molecule has 0 fully saturated rings. The summed E-state index contributed by atoms with van der Waals surface area (Å²) in [5.74, 6) is 0. The highest BCUT2D eigenvalue weighted by atomic mass is 35.5. The summed E-state index contributed by atoms with van der Waals surface area (Å²) in [6.45, 7) is 8.30. The molecule has 0 heterocycles. The van der Waals surface area contributed by atoms with Crippen molar-refractivity contribution in [2.75, 3.05) is 18.0 Å². The lowest BCUT2D eigenvalue weighted by molar-refractivity contribution is 0.788. The minimum Gasteiger partial charge on any atom is -0.371 e. The van der Waals surface area contributed by atoms with E-state index >= 15 is 0 Å². The molecule has 0 saturated carbocycles. The van der Waals surface area contributed by atoms with Gasteiger partial charge in [-0.3, -0.25) is 0 Å². The highest BCUT2D eigenvalue weighted by Gasteiger charge is 2.09. The molecule has 1 atom stereocenters. The van der Waals surface area contributed by atoms with Gasteiger partial charge in [-0.1, -0.05) is 24.6 Å². The average Bonchev–Trinajstić information content (AvgIpc) is 2.26. The van der Waals surface area contributed by atoms with E-state index in [1.807, 2.05) is 13.0 Å². The Hall–Kier alpha value is -0.730. The van der Waals surface area contributed by atoms with Crippen molar-refractivity contribution in [3.05, 3.63) is 28.8 Å². The highest BCUT2D eigenvalue weighted by molar-refractivity contribution is 6.33. The molecule has 0 unspecified atom stereocenters. The van der Waals surface area contributed by atoms with Crippen LogP contribution in [0, 0.1) is 0 Å². The maximum Gasteiger partial charge on any atom is 0.0642 e. The fourth-order valence-corrected chi connectivity index (χ4v) is 2.09. The minimum absolute atomic E-state index is 0.0350. The zero-order chi connectivity index (χ0) is 12.1. The summed E-state index contributed by atoms with van der Waals surface area (Å²) < 4.78 is 0. The second-order valence-corrected chi connectivity index (χ2v) is 4.49. The van der Waals surface area contributed by atoms with Gasteiger partial charge in [0.25, 0.3) is 0 Å². The zero-order valence-electron chi connectivity index (χ0n) is 10.3. The zero-order valence-corrected chi connectivity index (χ0v) is 11.1. The Morgan fingerprint density at radius 3 is 2.50 bits per heavy atom. The molecule has 0 saturated heterocycles. The summed E-state index contributed by atoms with van der Waals surface area (Å²) in [4.78, 5) is 2.29. The molecule has 0 spiro atoms. The number of nitrogens with two attached hydrogens (primary N) is 1. The van der Waals surface area contributed by atoms with E-state index in [1.165, 1.54) is 0 Å². The second-order valence-electron chi connectivity index (χ2n) is 4.08. The summed E-state index contributed by atoms with van der Waals surface area (Å²) in [7, 11) is 0. The normalized spacial score (nSPS) is 12.6. The molecule has 16 heavy (non-hydrogen) atoms. The summed E-state index contributed by atoms with van der Waals surface area (Å²) >= 11 is 6.29. The van der Waals surface area contributed by atoms with Crippen molar-refractivity contribution in [2.45, 2.75) is 33.2 Å². The minimum atomic E-state index is 0.0350. The first-order valence-corrected chi connectivity index (χ1v) is 6.27. The van der Waals surface area contributed by atoms with Crippen LogP contribution in [0.25, 0.3) is 0 Å². The highest BCUT2D eigenvalue weighted by Crippen LogP contribution is 2.28. The van der Waals surface area contributed by atoms with Crippen molar-refractivity contribution < 1.29 is 0 Å². The van der Waals surface area contributed by atoms with E-state index in [0.29, 0.717) is 0 Å². The maximum atomic E-state index is 6.29. The Morgan fingerprint density at radius 2 is 2.06 bits per heavy atom. The Morgan fingerprint density at radius 1 is 1.38 bits per heavy atom. The first-order valence-electron chi connectivity index (χ1n) is 5.90. The third-order valence-corrected chi connectivity index (χ3v) is 3.02. The van der Waals surface area contributed by atoms with Crippen LogP contribution in [0.15, 0.2) is 18.2 Å². The van der Waals surface area contributed by atoms with Crippen LogP contribution >= 0.6 is 11.6 Å². The van der Waals surface area contributed by atoms with E-state index in [4.69, 9.17) is 17.3 Å². The monoisotopic (exact) mass is 240 g/mol. The third kappa shape index (κ3) is 3.13. The quantitative estimate of drug-likeness (QED) is 0.852. The third-order valence-electron chi connectivity index (χ3n) is 2.71. The van der Waals surface area contributed by atoms with E-state index in [1.54, 1.807) is 0 Å². The van der Waals surface area contributed by atoms with Gasteiger partial charge in [0.15, 0.2) is 0 Å². The molecule has 0 aliphatic rings. The predicted octanol–water partition coefficient (Wildman–Crippen LogP) is 3.60. The number of halogens is 1.